The minimum atomic E-state index is -1.08. The first-order valence-electron chi connectivity index (χ1n) is 19.9. The molecule has 0 saturated carbocycles. The van der Waals surface area contributed by atoms with Crippen LogP contribution >= 0.6 is 0 Å². The Labute approximate surface area is 375 Å². The van der Waals surface area contributed by atoms with Crippen LogP contribution in [0.2, 0.25) is 0 Å². The van der Waals surface area contributed by atoms with E-state index < -0.39 is 5.97 Å². The molecule has 1 aromatic carbocycles. The van der Waals surface area contributed by atoms with E-state index in [1.807, 2.05) is 38.2 Å². The zero-order chi connectivity index (χ0) is 45.3. The molecule has 0 spiro atoms. The van der Waals surface area contributed by atoms with Gasteiger partial charge in [-0.25, -0.2) is 14.8 Å². The topological polar surface area (TPSA) is 143 Å². The van der Waals surface area contributed by atoms with E-state index in [4.69, 9.17) is 39.9 Å². The van der Waals surface area contributed by atoms with E-state index in [1.165, 1.54) is 12.1 Å². The predicted octanol–water partition coefficient (Wildman–Crippen LogP) is 13.0. The number of carbonyl (C=O) groups is 1. The molecular formula is C50H62N8O2Zn. The fourth-order valence-corrected chi connectivity index (χ4v) is 5.21. The molecule has 0 atom stereocenters. The Morgan fingerprint density at radius 3 is 1.18 bits per heavy atom. The summed E-state index contributed by atoms with van der Waals surface area (Å²) in [6, 6.07) is 4.70. The van der Waals surface area contributed by atoms with E-state index >= 15 is 0 Å². The molecule has 2 aliphatic heterocycles. The van der Waals surface area contributed by atoms with Crippen molar-refractivity contribution in [2.24, 2.45) is 16.2 Å². The number of aromatic carboxylic acids is 1. The first kappa shape index (κ1) is 51.5. The number of carboxylic acid groups (broad SMARTS) is 1. The van der Waals surface area contributed by atoms with Crippen molar-refractivity contribution in [1.29, 1.82) is 0 Å². The van der Waals surface area contributed by atoms with Gasteiger partial charge in [0.2, 0.25) is 0 Å². The number of hydrogen-bond donors (Lipinski definition) is 1. The summed E-state index contributed by atoms with van der Waals surface area (Å²) in [6.45, 7) is 46.0. The van der Waals surface area contributed by atoms with Crippen LogP contribution in [-0.4, -0.2) is 41.0 Å². The number of allylic oxidation sites excluding steroid dienone is 6. The monoisotopic (exact) mass is 870 g/mol. The van der Waals surface area contributed by atoms with Gasteiger partial charge in [-0.1, -0.05) is 164 Å². The van der Waals surface area contributed by atoms with Crippen molar-refractivity contribution in [3.63, 3.8) is 0 Å². The van der Waals surface area contributed by atoms with Crippen LogP contribution in [0.15, 0.2) is 68.8 Å². The zero-order valence-corrected chi connectivity index (χ0v) is 41.8. The molecule has 5 heterocycles. The molecule has 4 aromatic rings. The Kier molecular flexibility index (Phi) is 17.9. The normalized spacial score (nSPS) is 12.2. The van der Waals surface area contributed by atoms with Crippen LogP contribution in [0.1, 0.15) is 141 Å². The molecule has 0 radical (unpaired) electrons. The average Bonchev–Trinajstić information content (AvgIpc) is 3.83. The fraction of sp³-hybridized carbons (Fsp3) is 0.340. The van der Waals surface area contributed by atoms with Crippen LogP contribution in [0.4, 0.5) is 0 Å². The van der Waals surface area contributed by atoms with Crippen molar-refractivity contribution in [3.8, 4) is 22.8 Å². The smallest absolute Gasteiger partial charge is 0.478 e. The van der Waals surface area contributed by atoms with Crippen molar-refractivity contribution < 1.29 is 29.4 Å². The van der Waals surface area contributed by atoms with Gasteiger partial charge in [0.25, 0.3) is 0 Å². The van der Waals surface area contributed by atoms with Gasteiger partial charge >= 0.3 is 25.4 Å². The molecule has 11 heteroatoms. The van der Waals surface area contributed by atoms with Crippen molar-refractivity contribution in [3.05, 3.63) is 108 Å². The molecule has 2 aliphatic rings. The van der Waals surface area contributed by atoms with Crippen molar-refractivity contribution in [1.82, 2.24) is 39.9 Å². The number of carboxylic acids is 1. The van der Waals surface area contributed by atoms with Gasteiger partial charge in [-0.2, -0.15) is 0 Å². The van der Waals surface area contributed by atoms with Crippen LogP contribution in [0.3, 0.4) is 0 Å². The number of fused-ring (bicyclic) bond motifs is 11. The maximum atomic E-state index is 11.9. The maximum Gasteiger partial charge on any atom is 2.00 e. The van der Waals surface area contributed by atoms with Crippen LogP contribution in [0.5, 0.6) is 0 Å². The number of benzene rings is 1. The Balaban J connectivity index is 0.000000690. The quantitative estimate of drug-likeness (QED) is 0.157. The second-order valence-corrected chi connectivity index (χ2v) is 18.8. The first-order chi connectivity index (χ1) is 27.8. The maximum absolute atomic E-state index is 11.9. The summed E-state index contributed by atoms with van der Waals surface area (Å²) in [6.07, 6.45) is 14.1. The van der Waals surface area contributed by atoms with Crippen LogP contribution in [0, 0.1) is 16.2 Å². The molecule has 6 rings (SSSR count). The molecule has 61 heavy (non-hydrogen) atoms. The van der Waals surface area contributed by atoms with Gasteiger partial charge in [-0.05, 0) is 64.5 Å². The Morgan fingerprint density at radius 1 is 0.525 bits per heavy atom. The molecule has 10 nitrogen and oxygen atoms in total. The standard InChI is InChI=1S/C35H27N8O2.3C5H12.Zn/c1-7-13-23-21(11-5)29-37-27-19(9-3)20(10-4)28(36-27)38-30-22(12-6)24(14-8-2)32(40-30)42-34-26-17-18(35(44)45)15-16-25(26)33(43-34)41-31(23)39-29;3*1-5(2,3)4;/h7-17H,3-6H2,1-2H3,(H2-,36,37,38,39,40,41,42,43,44,45);3*1-4H3;/q-1;;;;+2/p-1/b13-7-,14-8-;;;;. The molecule has 1 N–H and O–H groups in total. The molecule has 316 valence electrons. The SMILES string of the molecule is C=CC1=C(C=C)c2nc1nc1[n-]c(nc3nc(nc4[n-]c(n2)c(C=C)c4/C=C\C)-c2cc(C(=O)O)ccc2-3)c(/C=C\C)c1C=C.CC(C)(C)C.CC(C)(C)C.CC(C)(C)C.[Zn+2]. The Bertz CT molecular complexity index is 2500. The summed E-state index contributed by atoms with van der Waals surface area (Å²) < 4.78 is 0. The van der Waals surface area contributed by atoms with Crippen LogP contribution < -0.4 is 9.97 Å². The van der Waals surface area contributed by atoms with E-state index in [-0.39, 0.29) is 30.9 Å². The van der Waals surface area contributed by atoms with Crippen molar-refractivity contribution >= 4 is 64.0 Å². The molecule has 8 bridgehead atoms. The number of nitrogens with zero attached hydrogens (tertiary/aromatic N) is 8. The Morgan fingerprint density at radius 2 is 0.852 bits per heavy atom. The fourth-order valence-electron chi connectivity index (χ4n) is 5.21. The molecule has 0 aliphatic carbocycles. The van der Waals surface area contributed by atoms with E-state index in [0.717, 1.165) is 0 Å². The second-order valence-electron chi connectivity index (χ2n) is 18.8. The van der Waals surface area contributed by atoms with E-state index in [0.29, 0.717) is 101 Å². The summed E-state index contributed by atoms with van der Waals surface area (Å²) in [7, 11) is 0. The van der Waals surface area contributed by atoms with Gasteiger partial charge in [-0.15, -0.1) is 0 Å². The van der Waals surface area contributed by atoms with E-state index in [2.05, 4.69) is 109 Å². The summed E-state index contributed by atoms with van der Waals surface area (Å²) in [4.78, 5) is 50.3. The molecule has 0 amide bonds. The van der Waals surface area contributed by atoms with E-state index in [1.54, 1.807) is 30.4 Å². The van der Waals surface area contributed by atoms with Crippen molar-refractivity contribution in [2.45, 2.75) is 96.9 Å². The predicted molar refractivity (Wildman–Crippen MR) is 254 cm³/mol. The number of aromatic nitrogens is 8. The van der Waals surface area contributed by atoms with Crippen LogP contribution in [0.25, 0.3) is 80.8 Å². The summed E-state index contributed by atoms with van der Waals surface area (Å²) in [5.74, 6) is 0.147. The number of rotatable bonds is 7. The third-order valence-corrected chi connectivity index (χ3v) is 7.24. The summed E-state index contributed by atoms with van der Waals surface area (Å²) in [5.41, 5.74) is 7.88. The van der Waals surface area contributed by atoms with Gasteiger partial charge in [0, 0.05) is 44.9 Å². The Hall–Kier alpha value is -5.67. The average molecular weight is 872 g/mol. The molecule has 0 fully saturated rings. The summed E-state index contributed by atoms with van der Waals surface area (Å²) >= 11 is 0. The molecule has 0 unspecified atom stereocenters. The van der Waals surface area contributed by atoms with Gasteiger partial charge in [-0.3, -0.25) is 0 Å². The molecule has 3 aromatic heterocycles. The minimum Gasteiger partial charge on any atom is -0.478 e. The third-order valence-electron chi connectivity index (χ3n) is 7.24. The minimum absolute atomic E-state index is 0. The van der Waals surface area contributed by atoms with E-state index in [9.17, 15) is 9.90 Å². The van der Waals surface area contributed by atoms with Gasteiger partial charge in [0.1, 0.15) is 0 Å². The van der Waals surface area contributed by atoms with Gasteiger partial charge in [0.05, 0.1) is 28.9 Å². The third kappa shape index (κ3) is 14.5. The van der Waals surface area contributed by atoms with Gasteiger partial charge < -0.3 is 35.0 Å². The first-order valence-corrected chi connectivity index (χ1v) is 19.9. The largest absolute Gasteiger partial charge is 2.00 e. The van der Waals surface area contributed by atoms with Crippen molar-refractivity contribution in [2.75, 3.05) is 0 Å². The molecule has 0 saturated heterocycles. The zero-order valence-electron chi connectivity index (χ0n) is 38.8. The molecular weight excluding hydrogens is 810 g/mol. The van der Waals surface area contributed by atoms with Crippen LogP contribution in [-0.2, 0) is 19.5 Å². The van der Waals surface area contributed by atoms with Gasteiger partial charge in [0.15, 0.2) is 0 Å². The summed E-state index contributed by atoms with van der Waals surface area (Å²) in [5, 5.41) is 9.74. The second kappa shape index (κ2) is 21.2. The number of hydrogen-bond acceptors (Lipinski definition) is 7.